The number of nitrogens with zero attached hydrogens (tertiary/aromatic N) is 4. The lowest BCUT2D eigenvalue weighted by Gasteiger charge is -2.32. The van der Waals surface area contributed by atoms with E-state index in [2.05, 4.69) is 54.5 Å². The molecule has 0 radical (unpaired) electrons. The van der Waals surface area contributed by atoms with E-state index in [-0.39, 0.29) is 5.91 Å². The van der Waals surface area contributed by atoms with Gasteiger partial charge in [0.1, 0.15) is 0 Å². The molecule has 3 heterocycles. The van der Waals surface area contributed by atoms with E-state index in [0.717, 1.165) is 43.7 Å². The zero-order chi connectivity index (χ0) is 20.4. The standard InChI is InChI=1S/C24H28N4O/c1-17-13-20(14-19-7-5-4-6-8-19)15-23(25-17)21-9-11-28(12-10-21)24(29)22-16-27(3)26-18(22)2/h4-8,13,15-16,21H,9-12,14H2,1-3H3. The largest absolute Gasteiger partial charge is 0.338 e. The van der Waals surface area contributed by atoms with Gasteiger partial charge in [-0.15, -0.1) is 0 Å². The normalized spacial score (nSPS) is 14.9. The van der Waals surface area contributed by atoms with Crippen molar-refractivity contribution in [3.05, 3.63) is 82.4 Å². The van der Waals surface area contributed by atoms with Crippen molar-refractivity contribution in [2.24, 2.45) is 7.05 Å². The van der Waals surface area contributed by atoms with E-state index in [1.807, 2.05) is 25.1 Å². The van der Waals surface area contributed by atoms with Crippen molar-refractivity contribution in [1.82, 2.24) is 19.7 Å². The summed E-state index contributed by atoms with van der Waals surface area (Å²) >= 11 is 0. The van der Waals surface area contributed by atoms with Crippen molar-refractivity contribution in [3.8, 4) is 0 Å². The number of hydrogen-bond acceptors (Lipinski definition) is 3. The molecule has 1 aliphatic rings. The second-order valence-corrected chi connectivity index (χ2v) is 8.07. The lowest BCUT2D eigenvalue weighted by Crippen LogP contribution is -2.38. The molecular weight excluding hydrogens is 360 g/mol. The summed E-state index contributed by atoms with van der Waals surface area (Å²) in [5, 5.41) is 4.30. The first-order valence-corrected chi connectivity index (χ1v) is 10.3. The Kier molecular flexibility index (Phi) is 5.47. The number of carbonyl (C=O) groups excluding carboxylic acids is 1. The van der Waals surface area contributed by atoms with Gasteiger partial charge in [-0.1, -0.05) is 30.3 Å². The zero-order valence-corrected chi connectivity index (χ0v) is 17.4. The van der Waals surface area contributed by atoms with Crippen LogP contribution >= 0.6 is 0 Å². The molecule has 0 bridgehead atoms. The summed E-state index contributed by atoms with van der Waals surface area (Å²) < 4.78 is 1.71. The van der Waals surface area contributed by atoms with Gasteiger partial charge in [0, 0.05) is 43.6 Å². The lowest BCUT2D eigenvalue weighted by molar-refractivity contribution is 0.0711. The molecule has 0 atom stereocenters. The summed E-state index contributed by atoms with van der Waals surface area (Å²) in [5.41, 5.74) is 6.37. The van der Waals surface area contributed by atoms with Crippen LogP contribution in [0.15, 0.2) is 48.7 Å². The van der Waals surface area contributed by atoms with Gasteiger partial charge in [-0.2, -0.15) is 5.10 Å². The Morgan fingerprint density at radius 2 is 1.79 bits per heavy atom. The third-order valence-corrected chi connectivity index (χ3v) is 5.73. The maximum absolute atomic E-state index is 12.8. The smallest absolute Gasteiger partial charge is 0.257 e. The molecule has 1 amide bonds. The van der Waals surface area contributed by atoms with Gasteiger partial charge >= 0.3 is 0 Å². The van der Waals surface area contributed by atoms with Gasteiger partial charge in [0.25, 0.3) is 5.91 Å². The Morgan fingerprint density at radius 1 is 1.07 bits per heavy atom. The number of piperidine rings is 1. The molecule has 1 aliphatic heterocycles. The molecule has 4 rings (SSSR count). The molecule has 3 aromatic rings. The van der Waals surface area contributed by atoms with Crippen LogP contribution < -0.4 is 0 Å². The van der Waals surface area contributed by atoms with Crippen LogP contribution in [0.2, 0.25) is 0 Å². The molecule has 0 N–H and O–H groups in total. The molecule has 5 heteroatoms. The molecule has 0 aliphatic carbocycles. The molecular formula is C24H28N4O. The Balaban J connectivity index is 1.44. The fraction of sp³-hybridized carbons (Fsp3) is 0.375. The Hall–Kier alpha value is -2.95. The van der Waals surface area contributed by atoms with Gasteiger partial charge in [-0.3, -0.25) is 14.5 Å². The Morgan fingerprint density at radius 3 is 2.45 bits per heavy atom. The number of amides is 1. The monoisotopic (exact) mass is 388 g/mol. The number of aromatic nitrogens is 3. The number of likely N-dealkylation sites (tertiary alicyclic amines) is 1. The minimum absolute atomic E-state index is 0.0935. The van der Waals surface area contributed by atoms with Crippen molar-refractivity contribution >= 4 is 5.91 Å². The SMILES string of the molecule is Cc1cc(Cc2ccccc2)cc(C2CCN(C(=O)c3cn(C)nc3C)CC2)n1. The fourth-order valence-corrected chi connectivity index (χ4v) is 4.27. The number of pyridine rings is 1. The molecule has 5 nitrogen and oxygen atoms in total. The predicted octanol–water partition coefficient (Wildman–Crippen LogP) is 4.04. The fourth-order valence-electron chi connectivity index (χ4n) is 4.27. The van der Waals surface area contributed by atoms with E-state index in [0.29, 0.717) is 11.5 Å². The summed E-state index contributed by atoms with van der Waals surface area (Å²) in [6.45, 7) is 5.50. The average Bonchev–Trinajstić information content (AvgIpc) is 3.06. The van der Waals surface area contributed by atoms with Crippen molar-refractivity contribution in [3.63, 3.8) is 0 Å². The highest BCUT2D eigenvalue weighted by molar-refractivity contribution is 5.95. The molecule has 29 heavy (non-hydrogen) atoms. The van der Waals surface area contributed by atoms with Crippen molar-refractivity contribution in [2.45, 2.75) is 39.0 Å². The van der Waals surface area contributed by atoms with Crippen molar-refractivity contribution in [1.29, 1.82) is 0 Å². The summed E-state index contributed by atoms with van der Waals surface area (Å²) in [6.07, 6.45) is 4.65. The molecule has 1 saturated heterocycles. The third-order valence-electron chi connectivity index (χ3n) is 5.73. The van der Waals surface area contributed by atoms with Crippen LogP contribution in [0.1, 0.15) is 57.3 Å². The summed E-state index contributed by atoms with van der Waals surface area (Å²) in [7, 11) is 1.85. The van der Waals surface area contributed by atoms with E-state index >= 15 is 0 Å². The minimum atomic E-state index is 0.0935. The highest BCUT2D eigenvalue weighted by Gasteiger charge is 2.27. The number of carbonyl (C=O) groups is 1. The van der Waals surface area contributed by atoms with E-state index in [1.165, 1.54) is 16.8 Å². The maximum Gasteiger partial charge on any atom is 0.257 e. The second kappa shape index (κ2) is 8.19. The molecule has 0 unspecified atom stereocenters. The van der Waals surface area contributed by atoms with Gasteiger partial charge in [0.15, 0.2) is 0 Å². The molecule has 2 aromatic heterocycles. The molecule has 0 saturated carbocycles. The van der Waals surface area contributed by atoms with Crippen LogP contribution in [-0.4, -0.2) is 38.7 Å². The van der Waals surface area contributed by atoms with Gasteiger partial charge in [-0.25, -0.2) is 0 Å². The van der Waals surface area contributed by atoms with Crippen LogP contribution in [0, 0.1) is 13.8 Å². The highest BCUT2D eigenvalue weighted by atomic mass is 16.2. The molecule has 1 fully saturated rings. The second-order valence-electron chi connectivity index (χ2n) is 8.07. The third kappa shape index (κ3) is 4.39. The predicted molar refractivity (Wildman–Crippen MR) is 114 cm³/mol. The van der Waals surface area contributed by atoms with Gasteiger partial charge in [0.2, 0.25) is 0 Å². The molecule has 150 valence electrons. The zero-order valence-electron chi connectivity index (χ0n) is 17.4. The van der Waals surface area contributed by atoms with E-state index in [9.17, 15) is 4.79 Å². The van der Waals surface area contributed by atoms with Crippen LogP contribution in [0.5, 0.6) is 0 Å². The molecule has 0 spiro atoms. The van der Waals surface area contributed by atoms with Crippen molar-refractivity contribution in [2.75, 3.05) is 13.1 Å². The summed E-state index contributed by atoms with van der Waals surface area (Å²) in [6, 6.07) is 15.0. The summed E-state index contributed by atoms with van der Waals surface area (Å²) in [4.78, 5) is 19.6. The Labute approximate surface area is 172 Å². The minimum Gasteiger partial charge on any atom is -0.338 e. The van der Waals surface area contributed by atoms with Gasteiger partial charge in [0.05, 0.1) is 11.3 Å². The first-order chi connectivity index (χ1) is 14.0. The maximum atomic E-state index is 12.8. The quantitative estimate of drug-likeness (QED) is 0.678. The average molecular weight is 389 g/mol. The Bertz CT molecular complexity index is 1000. The van der Waals surface area contributed by atoms with E-state index in [4.69, 9.17) is 4.98 Å². The first kappa shape index (κ1) is 19.4. The topological polar surface area (TPSA) is 51.0 Å². The van der Waals surface area contributed by atoms with E-state index in [1.54, 1.807) is 4.68 Å². The van der Waals surface area contributed by atoms with Crippen LogP contribution in [-0.2, 0) is 13.5 Å². The number of aryl methyl sites for hydroxylation is 3. The van der Waals surface area contributed by atoms with Gasteiger partial charge in [-0.05, 0) is 56.4 Å². The van der Waals surface area contributed by atoms with Crippen molar-refractivity contribution < 1.29 is 4.79 Å². The first-order valence-electron chi connectivity index (χ1n) is 10.3. The van der Waals surface area contributed by atoms with Crippen LogP contribution in [0.4, 0.5) is 0 Å². The van der Waals surface area contributed by atoms with Crippen LogP contribution in [0.3, 0.4) is 0 Å². The number of benzene rings is 1. The molecule has 1 aromatic carbocycles. The summed E-state index contributed by atoms with van der Waals surface area (Å²) in [5.74, 6) is 0.500. The lowest BCUT2D eigenvalue weighted by atomic mass is 9.91. The number of hydrogen-bond donors (Lipinski definition) is 0. The van der Waals surface area contributed by atoms with Gasteiger partial charge < -0.3 is 4.90 Å². The van der Waals surface area contributed by atoms with E-state index < -0.39 is 0 Å². The number of rotatable bonds is 4. The highest BCUT2D eigenvalue weighted by Crippen LogP contribution is 2.29. The van der Waals surface area contributed by atoms with Crippen LogP contribution in [0.25, 0.3) is 0 Å².